The van der Waals surface area contributed by atoms with E-state index in [9.17, 15) is 10.1 Å². The zero-order valence-electron chi connectivity index (χ0n) is 16.1. The molecule has 0 N–H and O–H groups in total. The molecular formula is C21H22N2O3S3. The van der Waals surface area contributed by atoms with Gasteiger partial charge in [0, 0.05) is 16.8 Å². The van der Waals surface area contributed by atoms with Crippen molar-refractivity contribution in [2.45, 2.75) is 41.4 Å². The first kappa shape index (κ1) is 21.9. The lowest BCUT2D eigenvalue weighted by atomic mass is 9.99. The number of rotatable bonds is 7. The van der Waals surface area contributed by atoms with Crippen molar-refractivity contribution >= 4 is 39.5 Å². The Labute approximate surface area is 183 Å². The fraction of sp³-hybridized carbons (Fsp3) is 0.381. The summed E-state index contributed by atoms with van der Waals surface area (Å²) in [6.07, 6.45) is 3.72. The third-order valence-corrected chi connectivity index (χ3v) is 8.19. The molecule has 2 unspecified atom stereocenters. The Kier molecular flexibility index (Phi) is 8.59. The number of hydrogen-bond donors (Lipinski definition) is 0. The van der Waals surface area contributed by atoms with E-state index in [0.717, 1.165) is 34.9 Å². The van der Waals surface area contributed by atoms with Crippen LogP contribution >= 0.6 is 33.3 Å². The highest BCUT2D eigenvalue weighted by Gasteiger charge is 2.24. The molecule has 1 aromatic heterocycles. The number of carbonyl (C=O) groups is 1. The minimum atomic E-state index is -0.698. The van der Waals surface area contributed by atoms with E-state index in [0.29, 0.717) is 18.3 Å². The van der Waals surface area contributed by atoms with E-state index < -0.39 is 6.16 Å². The highest BCUT2D eigenvalue weighted by molar-refractivity contribution is 8.76. The van der Waals surface area contributed by atoms with Gasteiger partial charge in [-0.2, -0.15) is 5.26 Å². The summed E-state index contributed by atoms with van der Waals surface area (Å²) in [6, 6.07) is 13.8. The summed E-state index contributed by atoms with van der Waals surface area (Å²) >= 11 is 1.55. The molecule has 2 atom stereocenters. The van der Waals surface area contributed by atoms with E-state index in [1.807, 2.05) is 30.3 Å². The minimum absolute atomic E-state index is 0.0834. The van der Waals surface area contributed by atoms with E-state index in [1.165, 1.54) is 5.56 Å². The van der Waals surface area contributed by atoms with Gasteiger partial charge in [0.25, 0.3) is 0 Å². The predicted molar refractivity (Wildman–Crippen MR) is 118 cm³/mol. The molecule has 29 heavy (non-hydrogen) atoms. The lowest BCUT2D eigenvalue weighted by molar-refractivity contribution is 0.0994. The number of aromatic nitrogens is 1. The van der Waals surface area contributed by atoms with Crippen molar-refractivity contribution in [3.05, 3.63) is 48.2 Å². The van der Waals surface area contributed by atoms with Gasteiger partial charge in [-0.15, -0.1) is 11.8 Å². The summed E-state index contributed by atoms with van der Waals surface area (Å²) < 4.78 is 10.5. The molecule has 0 amide bonds. The number of nitriles is 1. The molecule has 0 fully saturated rings. The molecule has 152 valence electrons. The number of pyridine rings is 1. The van der Waals surface area contributed by atoms with Crippen molar-refractivity contribution in [3.8, 4) is 11.8 Å². The molecule has 3 rings (SSSR count). The zero-order valence-corrected chi connectivity index (χ0v) is 18.5. The van der Waals surface area contributed by atoms with Crippen LogP contribution in [0.3, 0.4) is 0 Å². The van der Waals surface area contributed by atoms with E-state index in [1.54, 1.807) is 45.6 Å². The van der Waals surface area contributed by atoms with Crippen LogP contribution in [0.15, 0.2) is 52.5 Å². The fourth-order valence-electron chi connectivity index (χ4n) is 2.75. The van der Waals surface area contributed by atoms with Crippen molar-refractivity contribution in [1.29, 1.82) is 5.26 Å². The first-order chi connectivity index (χ1) is 14.2. The molecule has 5 nitrogen and oxygen atoms in total. The first-order valence-corrected chi connectivity index (χ1v) is 12.6. The maximum Gasteiger partial charge on any atom is 0.513 e. The van der Waals surface area contributed by atoms with Gasteiger partial charge < -0.3 is 9.47 Å². The lowest BCUT2D eigenvalue weighted by Crippen LogP contribution is -2.12. The number of thioether (sulfide) groups is 1. The summed E-state index contributed by atoms with van der Waals surface area (Å²) in [4.78, 5) is 17.2. The minimum Gasteiger partial charge on any atom is -0.434 e. The Morgan fingerprint density at radius 1 is 1.38 bits per heavy atom. The van der Waals surface area contributed by atoms with Gasteiger partial charge in [-0.05, 0) is 65.8 Å². The molecule has 2 aromatic rings. The molecule has 1 aliphatic heterocycles. The van der Waals surface area contributed by atoms with Crippen LogP contribution in [0.2, 0.25) is 0 Å². The summed E-state index contributed by atoms with van der Waals surface area (Å²) in [5.41, 5.74) is 1.20. The van der Waals surface area contributed by atoms with E-state index in [4.69, 9.17) is 9.47 Å². The average Bonchev–Trinajstić information content (AvgIpc) is 2.89. The van der Waals surface area contributed by atoms with Gasteiger partial charge in [0.2, 0.25) is 0 Å². The topological polar surface area (TPSA) is 72.2 Å². The van der Waals surface area contributed by atoms with Gasteiger partial charge >= 0.3 is 6.16 Å². The number of hydrogen-bond acceptors (Lipinski definition) is 8. The summed E-state index contributed by atoms with van der Waals surface area (Å²) in [7, 11) is 3.28. The second-order valence-corrected chi connectivity index (χ2v) is 10.2. The first-order valence-electron chi connectivity index (χ1n) is 9.40. The van der Waals surface area contributed by atoms with Gasteiger partial charge in [0.15, 0.2) is 0 Å². The van der Waals surface area contributed by atoms with Gasteiger partial charge in [0.05, 0.1) is 17.9 Å². The smallest absolute Gasteiger partial charge is 0.434 e. The normalized spacial score (nSPS) is 18.2. The largest absolute Gasteiger partial charge is 0.513 e. The second-order valence-electron chi connectivity index (χ2n) is 6.58. The lowest BCUT2D eigenvalue weighted by Gasteiger charge is -2.12. The Bertz CT molecular complexity index is 858. The number of ether oxygens (including phenoxy) is 2. The molecule has 8 heteroatoms. The van der Waals surface area contributed by atoms with Gasteiger partial charge in [-0.1, -0.05) is 29.9 Å². The number of nitrogens with zero attached hydrogens (tertiary/aromatic N) is 2. The summed E-state index contributed by atoms with van der Waals surface area (Å²) in [6.45, 7) is 2.41. The molecule has 1 aromatic carbocycles. The standard InChI is InChI=1S/C21H22N2O3S3/c1-15-6-7-16-8-9-17(13-18(16)28-19(15)14-22)26-21(24)25-11-4-12-27-29-20-5-2-3-10-23-20/h2-3,5,8-10,13,15,19H,4,6-7,11-12H2,1H3. The van der Waals surface area contributed by atoms with Crippen molar-refractivity contribution in [3.63, 3.8) is 0 Å². The predicted octanol–water partition coefficient (Wildman–Crippen LogP) is 5.99. The number of carbonyl (C=O) groups excluding carboxylic acids is 1. The monoisotopic (exact) mass is 446 g/mol. The van der Waals surface area contributed by atoms with Crippen LogP contribution in [-0.4, -0.2) is 28.7 Å². The maximum absolute atomic E-state index is 11.9. The third kappa shape index (κ3) is 6.88. The van der Waals surface area contributed by atoms with Crippen LogP contribution in [0.5, 0.6) is 5.75 Å². The molecule has 0 saturated heterocycles. The quantitative estimate of drug-likeness (QED) is 0.222. The van der Waals surface area contributed by atoms with Crippen LogP contribution in [-0.2, 0) is 11.2 Å². The molecule has 0 spiro atoms. The molecule has 0 saturated carbocycles. The number of fused-ring (bicyclic) bond motifs is 1. The van der Waals surface area contributed by atoms with Crippen LogP contribution in [0.25, 0.3) is 0 Å². The fourth-order valence-corrected chi connectivity index (χ4v) is 5.89. The zero-order chi connectivity index (χ0) is 20.5. The number of benzene rings is 1. The Morgan fingerprint density at radius 3 is 3.07 bits per heavy atom. The SMILES string of the molecule is CC1CCc2ccc(OC(=O)OCCCSSc3ccccn3)cc2SC1C#N. The Balaban J connectivity index is 1.40. The van der Waals surface area contributed by atoms with Crippen LogP contribution < -0.4 is 4.74 Å². The van der Waals surface area contributed by atoms with Crippen molar-refractivity contribution < 1.29 is 14.3 Å². The highest BCUT2D eigenvalue weighted by atomic mass is 33.1. The van der Waals surface area contributed by atoms with Gasteiger partial charge in [-0.3, -0.25) is 0 Å². The van der Waals surface area contributed by atoms with Crippen molar-refractivity contribution in [2.24, 2.45) is 5.92 Å². The van der Waals surface area contributed by atoms with E-state index >= 15 is 0 Å². The molecule has 0 aliphatic carbocycles. The highest BCUT2D eigenvalue weighted by Crippen LogP contribution is 2.38. The van der Waals surface area contributed by atoms with Crippen molar-refractivity contribution in [1.82, 2.24) is 4.98 Å². The number of aryl methyl sites for hydroxylation is 1. The molecule has 0 radical (unpaired) electrons. The van der Waals surface area contributed by atoms with Crippen LogP contribution in [0, 0.1) is 17.2 Å². The summed E-state index contributed by atoms with van der Waals surface area (Å²) in [5, 5.41) is 10.2. The third-order valence-electron chi connectivity index (χ3n) is 4.38. The van der Waals surface area contributed by atoms with Crippen molar-refractivity contribution in [2.75, 3.05) is 12.4 Å². The Morgan fingerprint density at radius 2 is 2.28 bits per heavy atom. The van der Waals surface area contributed by atoms with E-state index in [-0.39, 0.29) is 5.25 Å². The van der Waals surface area contributed by atoms with E-state index in [2.05, 4.69) is 18.0 Å². The van der Waals surface area contributed by atoms with Gasteiger partial charge in [-0.25, -0.2) is 9.78 Å². The van der Waals surface area contributed by atoms with Crippen LogP contribution in [0.1, 0.15) is 25.3 Å². The molecule has 1 aliphatic rings. The summed E-state index contributed by atoms with van der Waals surface area (Å²) in [5.74, 6) is 1.63. The van der Waals surface area contributed by atoms with Crippen LogP contribution in [0.4, 0.5) is 4.79 Å². The van der Waals surface area contributed by atoms with Gasteiger partial charge in [0.1, 0.15) is 10.8 Å². The molecular weight excluding hydrogens is 424 g/mol. The molecule has 0 bridgehead atoms. The molecule has 2 heterocycles. The average molecular weight is 447 g/mol. The second kappa shape index (κ2) is 11.4. The Hall–Kier alpha value is -1.82. The maximum atomic E-state index is 11.9.